The van der Waals surface area contributed by atoms with Crippen LogP contribution in [0.1, 0.15) is 11.3 Å². The average Bonchev–Trinajstić information content (AvgIpc) is 3.31. The first-order valence-electron chi connectivity index (χ1n) is 8.55. The first kappa shape index (κ1) is 17.7. The summed E-state index contributed by atoms with van der Waals surface area (Å²) < 4.78 is 19.5. The van der Waals surface area contributed by atoms with Gasteiger partial charge >= 0.3 is 0 Å². The summed E-state index contributed by atoms with van der Waals surface area (Å²) >= 11 is 7.76. The van der Waals surface area contributed by atoms with Crippen molar-refractivity contribution in [3.05, 3.63) is 64.1 Å². The molecular weight excluding hydrogens is 373 g/mol. The van der Waals surface area contributed by atoms with Crippen molar-refractivity contribution < 1.29 is 8.81 Å². The highest BCUT2D eigenvalue weighted by Crippen LogP contribution is 2.24. The van der Waals surface area contributed by atoms with Crippen LogP contribution in [0.5, 0.6) is 0 Å². The van der Waals surface area contributed by atoms with Crippen molar-refractivity contribution in [3.63, 3.8) is 0 Å². The summed E-state index contributed by atoms with van der Waals surface area (Å²) in [6.07, 6.45) is 1.74. The Bertz CT molecular complexity index is 839. The number of halogens is 2. The minimum Gasteiger partial charge on any atom is -0.444 e. The van der Waals surface area contributed by atoms with Gasteiger partial charge in [0.15, 0.2) is 0 Å². The van der Waals surface area contributed by atoms with Crippen LogP contribution >= 0.6 is 22.9 Å². The van der Waals surface area contributed by atoms with Crippen LogP contribution in [0.4, 0.5) is 4.39 Å². The van der Waals surface area contributed by atoms with E-state index in [2.05, 4.69) is 14.8 Å². The second kappa shape index (κ2) is 7.88. The van der Waals surface area contributed by atoms with E-state index in [4.69, 9.17) is 16.0 Å². The lowest BCUT2D eigenvalue weighted by molar-refractivity contribution is 0.120. The normalized spacial score (nSPS) is 16.2. The van der Waals surface area contributed by atoms with Gasteiger partial charge in [-0.2, -0.15) is 0 Å². The van der Waals surface area contributed by atoms with Gasteiger partial charge in [0, 0.05) is 49.9 Å². The largest absolute Gasteiger partial charge is 0.444 e. The first-order valence-corrected chi connectivity index (χ1v) is 9.80. The zero-order valence-electron chi connectivity index (χ0n) is 14.2. The molecule has 1 saturated heterocycles. The van der Waals surface area contributed by atoms with Crippen molar-refractivity contribution in [2.45, 2.75) is 13.1 Å². The van der Waals surface area contributed by atoms with Crippen LogP contribution in [0.2, 0.25) is 5.02 Å². The van der Waals surface area contributed by atoms with Gasteiger partial charge in [-0.25, -0.2) is 9.37 Å². The number of hydrogen-bond donors (Lipinski definition) is 0. The summed E-state index contributed by atoms with van der Waals surface area (Å²) in [7, 11) is 0. The van der Waals surface area contributed by atoms with E-state index < -0.39 is 0 Å². The third-order valence-corrected chi connectivity index (χ3v) is 5.79. The molecule has 7 heteroatoms. The van der Waals surface area contributed by atoms with Crippen molar-refractivity contribution in [3.8, 4) is 10.8 Å². The fourth-order valence-electron chi connectivity index (χ4n) is 3.13. The van der Waals surface area contributed by atoms with Crippen molar-refractivity contribution >= 4 is 22.9 Å². The highest BCUT2D eigenvalue weighted by atomic mass is 35.5. The molecule has 2 aromatic heterocycles. The number of thiophene rings is 1. The molecule has 0 bridgehead atoms. The first-order chi connectivity index (χ1) is 12.7. The molecule has 0 saturated carbocycles. The van der Waals surface area contributed by atoms with Crippen LogP contribution in [0.3, 0.4) is 0 Å². The van der Waals surface area contributed by atoms with Crippen molar-refractivity contribution in [2.24, 2.45) is 0 Å². The molecule has 4 nitrogen and oxygen atoms in total. The van der Waals surface area contributed by atoms with Gasteiger partial charge in [0.25, 0.3) is 0 Å². The molecular formula is C19H19ClFN3OS. The van der Waals surface area contributed by atoms with Gasteiger partial charge in [-0.1, -0.05) is 23.7 Å². The monoisotopic (exact) mass is 391 g/mol. The van der Waals surface area contributed by atoms with E-state index >= 15 is 0 Å². The Labute approximate surface area is 160 Å². The van der Waals surface area contributed by atoms with E-state index in [1.165, 1.54) is 6.07 Å². The van der Waals surface area contributed by atoms with Crippen LogP contribution in [-0.2, 0) is 13.1 Å². The molecule has 1 aliphatic rings. The molecule has 0 spiro atoms. The Hall–Kier alpha value is -1.73. The molecule has 0 amide bonds. The number of aromatic nitrogens is 1. The summed E-state index contributed by atoms with van der Waals surface area (Å²) in [5.74, 6) is 0.450. The quantitative estimate of drug-likeness (QED) is 0.640. The van der Waals surface area contributed by atoms with Gasteiger partial charge in [0.2, 0.25) is 5.89 Å². The Balaban J connectivity index is 1.31. The van der Waals surface area contributed by atoms with Crippen LogP contribution in [0.15, 0.2) is 46.4 Å². The van der Waals surface area contributed by atoms with Crippen molar-refractivity contribution in [2.75, 3.05) is 26.2 Å². The molecule has 4 rings (SSSR count). The highest BCUT2D eigenvalue weighted by Gasteiger charge is 2.20. The fraction of sp³-hybridized carbons (Fsp3) is 0.316. The van der Waals surface area contributed by atoms with Crippen molar-refractivity contribution in [1.29, 1.82) is 0 Å². The van der Waals surface area contributed by atoms with Gasteiger partial charge < -0.3 is 4.42 Å². The Morgan fingerprint density at radius 3 is 2.54 bits per heavy atom. The van der Waals surface area contributed by atoms with E-state index in [1.807, 2.05) is 17.5 Å². The number of piperazine rings is 1. The third-order valence-electron chi connectivity index (χ3n) is 4.58. The van der Waals surface area contributed by atoms with Crippen LogP contribution in [-0.4, -0.2) is 41.0 Å². The van der Waals surface area contributed by atoms with E-state index in [1.54, 1.807) is 29.7 Å². The van der Waals surface area contributed by atoms with E-state index in [-0.39, 0.29) is 5.82 Å². The molecule has 26 heavy (non-hydrogen) atoms. The lowest BCUT2D eigenvalue weighted by atomic mass is 10.2. The summed E-state index contributed by atoms with van der Waals surface area (Å²) in [5, 5.41) is 2.51. The standard InChI is InChI=1S/C19H19ClFN3OS/c20-16-3-1-4-17(21)15(16)12-24-8-6-23(7-9-24)11-14-13-25-19(22-14)18-5-2-10-26-18/h1-5,10,13H,6-9,11-12H2. The maximum atomic E-state index is 13.9. The van der Waals surface area contributed by atoms with Gasteiger partial charge in [0.05, 0.1) is 10.6 Å². The fourth-order valence-corrected chi connectivity index (χ4v) is 4.01. The molecule has 0 unspecified atom stereocenters. The van der Waals surface area contributed by atoms with Crippen LogP contribution in [0.25, 0.3) is 10.8 Å². The average molecular weight is 392 g/mol. The molecule has 1 aromatic carbocycles. The number of nitrogens with zero attached hydrogens (tertiary/aromatic N) is 3. The molecule has 0 aliphatic carbocycles. The minimum absolute atomic E-state index is 0.233. The third kappa shape index (κ3) is 3.99. The minimum atomic E-state index is -0.233. The number of rotatable bonds is 5. The zero-order valence-corrected chi connectivity index (χ0v) is 15.8. The van der Waals surface area contributed by atoms with Gasteiger partial charge in [-0.15, -0.1) is 11.3 Å². The zero-order chi connectivity index (χ0) is 17.9. The molecule has 1 fully saturated rings. The summed E-state index contributed by atoms with van der Waals surface area (Å²) in [6.45, 7) is 4.89. The predicted molar refractivity (Wildman–Crippen MR) is 102 cm³/mol. The lowest BCUT2D eigenvalue weighted by Gasteiger charge is -2.34. The summed E-state index contributed by atoms with van der Waals surface area (Å²) in [5.41, 5.74) is 1.53. The molecule has 136 valence electrons. The summed E-state index contributed by atoms with van der Waals surface area (Å²) in [4.78, 5) is 10.2. The molecule has 0 atom stereocenters. The van der Waals surface area contributed by atoms with Gasteiger partial charge in [-0.05, 0) is 23.6 Å². The Kier molecular flexibility index (Phi) is 5.36. The predicted octanol–water partition coefficient (Wildman–Crippen LogP) is 4.51. The lowest BCUT2D eigenvalue weighted by Crippen LogP contribution is -2.45. The highest BCUT2D eigenvalue weighted by molar-refractivity contribution is 7.13. The number of hydrogen-bond acceptors (Lipinski definition) is 5. The second-order valence-electron chi connectivity index (χ2n) is 6.37. The van der Waals surface area contributed by atoms with E-state index in [0.717, 1.165) is 43.3 Å². The second-order valence-corrected chi connectivity index (χ2v) is 7.73. The maximum absolute atomic E-state index is 13.9. The van der Waals surface area contributed by atoms with Gasteiger partial charge in [0.1, 0.15) is 12.1 Å². The smallest absolute Gasteiger partial charge is 0.236 e. The number of oxazole rings is 1. The SMILES string of the molecule is Fc1cccc(Cl)c1CN1CCN(Cc2coc(-c3cccs3)n2)CC1. The molecule has 0 radical (unpaired) electrons. The molecule has 3 heterocycles. The van der Waals surface area contributed by atoms with E-state index in [0.29, 0.717) is 23.0 Å². The van der Waals surface area contributed by atoms with Crippen LogP contribution < -0.4 is 0 Å². The molecule has 3 aromatic rings. The maximum Gasteiger partial charge on any atom is 0.236 e. The van der Waals surface area contributed by atoms with Crippen LogP contribution in [0, 0.1) is 5.82 Å². The van der Waals surface area contributed by atoms with Gasteiger partial charge in [-0.3, -0.25) is 9.80 Å². The number of benzene rings is 1. The topological polar surface area (TPSA) is 32.5 Å². The van der Waals surface area contributed by atoms with Crippen molar-refractivity contribution in [1.82, 2.24) is 14.8 Å². The summed E-state index contributed by atoms with van der Waals surface area (Å²) in [6, 6.07) is 8.85. The molecule has 1 aliphatic heterocycles. The van der Waals surface area contributed by atoms with E-state index in [9.17, 15) is 4.39 Å². The Morgan fingerprint density at radius 1 is 1.08 bits per heavy atom. The molecule has 0 N–H and O–H groups in total. The Morgan fingerprint density at radius 2 is 1.85 bits per heavy atom.